The smallest absolute Gasteiger partial charge is 0.313 e. The van der Waals surface area contributed by atoms with Crippen LogP contribution in [0.15, 0.2) is 35.1 Å². The van der Waals surface area contributed by atoms with Gasteiger partial charge in [0.25, 0.3) is 11.2 Å². The van der Waals surface area contributed by atoms with Gasteiger partial charge < -0.3 is 9.30 Å². The highest BCUT2D eigenvalue weighted by Gasteiger charge is 2.32. The molecule has 0 radical (unpaired) electrons. The second-order valence-corrected chi connectivity index (χ2v) is 6.78. The lowest BCUT2D eigenvalue weighted by atomic mass is 9.94. The fraction of sp³-hybridized carbons (Fsp3) is 0.211. The van der Waals surface area contributed by atoms with Crippen LogP contribution in [0.1, 0.15) is 29.5 Å². The maximum atomic E-state index is 12.9. The Hall–Kier alpha value is -3.55. The van der Waals surface area contributed by atoms with Gasteiger partial charge in [-0.3, -0.25) is 19.7 Å². The number of non-ortho nitro benzene ring substituents is 1. The highest BCUT2D eigenvalue weighted by atomic mass is 16.6. The van der Waals surface area contributed by atoms with E-state index in [-0.39, 0.29) is 30.4 Å². The van der Waals surface area contributed by atoms with Gasteiger partial charge in [0.2, 0.25) is 0 Å². The van der Waals surface area contributed by atoms with Crippen molar-refractivity contribution in [3.8, 4) is 11.4 Å². The molecule has 3 aromatic rings. The summed E-state index contributed by atoms with van der Waals surface area (Å²) in [5, 5.41) is 11.7. The van der Waals surface area contributed by atoms with Gasteiger partial charge in [0.05, 0.1) is 45.2 Å². The maximum absolute atomic E-state index is 12.9. The molecule has 0 amide bonds. The van der Waals surface area contributed by atoms with Gasteiger partial charge in [0.1, 0.15) is 6.61 Å². The number of carbonyl (C=O) groups excluding carboxylic acids is 1. The van der Waals surface area contributed by atoms with E-state index in [1.807, 2.05) is 6.07 Å². The topological polar surface area (TPSA) is 104 Å². The third-order valence-electron chi connectivity index (χ3n) is 5.30. The summed E-state index contributed by atoms with van der Waals surface area (Å²) >= 11 is 0. The van der Waals surface area contributed by atoms with E-state index < -0.39 is 10.8 Å². The molecule has 0 N–H and O–H groups in total. The van der Waals surface area contributed by atoms with Crippen molar-refractivity contribution in [2.24, 2.45) is 0 Å². The molecule has 134 valence electrons. The second-order valence-electron chi connectivity index (χ2n) is 6.78. The Kier molecular flexibility index (Phi) is 3.04. The number of rotatable bonds is 1. The number of hydrogen-bond acceptors (Lipinski definition) is 6. The molecular weight excluding hydrogens is 350 g/mol. The van der Waals surface area contributed by atoms with Gasteiger partial charge >= 0.3 is 5.97 Å². The van der Waals surface area contributed by atoms with Gasteiger partial charge in [0, 0.05) is 11.6 Å². The Labute approximate surface area is 152 Å². The standard InChI is InChI=1S/C19H13N3O5/c1-9-11-6-16-17-10(7-21(16)18(23)13(11)8-27-19(9)24)5-12-14(20-17)3-2-4-15(12)22(25)26/h2-6,9H,7-8H2,1H3/t9-/m0/s1. The van der Waals surface area contributed by atoms with Crippen LogP contribution in [0.3, 0.4) is 0 Å². The summed E-state index contributed by atoms with van der Waals surface area (Å²) in [6.07, 6.45) is 0. The third kappa shape index (κ3) is 2.06. The first-order chi connectivity index (χ1) is 13.0. The normalized spacial score (nSPS) is 17.2. The number of nitro groups is 1. The van der Waals surface area contributed by atoms with Crippen LogP contribution in [-0.4, -0.2) is 20.4 Å². The predicted molar refractivity (Wildman–Crippen MR) is 95.4 cm³/mol. The summed E-state index contributed by atoms with van der Waals surface area (Å²) in [4.78, 5) is 40.3. The first-order valence-corrected chi connectivity index (χ1v) is 8.46. The van der Waals surface area contributed by atoms with E-state index in [2.05, 4.69) is 4.98 Å². The Morgan fingerprint density at radius 2 is 2.11 bits per heavy atom. The maximum Gasteiger partial charge on any atom is 0.313 e. The van der Waals surface area contributed by atoms with Crippen molar-refractivity contribution in [3.05, 3.63) is 67.5 Å². The van der Waals surface area contributed by atoms with Crippen molar-refractivity contribution >= 4 is 22.6 Å². The summed E-state index contributed by atoms with van der Waals surface area (Å²) in [6.45, 7) is 1.97. The molecule has 0 fully saturated rings. The third-order valence-corrected chi connectivity index (χ3v) is 5.30. The number of ether oxygens (including phenoxy) is 1. The summed E-state index contributed by atoms with van der Waals surface area (Å²) in [5.74, 6) is -0.870. The van der Waals surface area contributed by atoms with E-state index in [0.717, 1.165) is 5.56 Å². The van der Waals surface area contributed by atoms with Crippen molar-refractivity contribution < 1.29 is 14.5 Å². The average molecular weight is 363 g/mol. The fourth-order valence-electron chi connectivity index (χ4n) is 3.88. The Bertz CT molecular complexity index is 1240. The van der Waals surface area contributed by atoms with Gasteiger partial charge in [-0.05, 0) is 30.7 Å². The number of hydrogen-bond donors (Lipinski definition) is 0. The molecule has 0 spiro atoms. The molecule has 8 nitrogen and oxygen atoms in total. The number of nitrogens with zero attached hydrogens (tertiary/aromatic N) is 3. The number of benzene rings is 1. The van der Waals surface area contributed by atoms with Gasteiger partial charge in [-0.1, -0.05) is 6.07 Å². The molecule has 8 heteroatoms. The van der Waals surface area contributed by atoms with Crippen molar-refractivity contribution in [3.63, 3.8) is 0 Å². The number of esters is 1. The highest BCUT2D eigenvalue weighted by molar-refractivity contribution is 5.91. The second kappa shape index (κ2) is 5.23. The first-order valence-electron chi connectivity index (χ1n) is 8.46. The van der Waals surface area contributed by atoms with Gasteiger partial charge in [-0.2, -0.15) is 0 Å². The minimum atomic E-state index is -0.516. The number of nitro benzene ring substituents is 1. The monoisotopic (exact) mass is 363 g/mol. The van der Waals surface area contributed by atoms with E-state index in [1.165, 1.54) is 6.07 Å². The summed E-state index contributed by atoms with van der Waals surface area (Å²) in [5.41, 5.74) is 3.41. The highest BCUT2D eigenvalue weighted by Crippen LogP contribution is 2.37. The lowest BCUT2D eigenvalue weighted by Gasteiger charge is -2.22. The molecule has 0 aliphatic carbocycles. The van der Waals surface area contributed by atoms with E-state index in [9.17, 15) is 19.7 Å². The molecule has 2 aliphatic heterocycles. The van der Waals surface area contributed by atoms with Crippen LogP contribution in [-0.2, 0) is 22.7 Å². The molecule has 1 atom stereocenters. The number of pyridine rings is 2. The zero-order valence-electron chi connectivity index (χ0n) is 14.3. The van der Waals surface area contributed by atoms with E-state index >= 15 is 0 Å². The van der Waals surface area contributed by atoms with Crippen LogP contribution in [0.2, 0.25) is 0 Å². The van der Waals surface area contributed by atoms with Crippen LogP contribution in [0.4, 0.5) is 5.69 Å². The zero-order valence-corrected chi connectivity index (χ0v) is 14.3. The summed E-state index contributed by atoms with van der Waals surface area (Å²) in [6, 6.07) is 8.29. The first kappa shape index (κ1) is 15.7. The molecule has 2 aromatic heterocycles. The van der Waals surface area contributed by atoms with Crippen molar-refractivity contribution in [2.75, 3.05) is 0 Å². The molecule has 5 rings (SSSR count). The lowest BCUT2D eigenvalue weighted by Crippen LogP contribution is -2.31. The van der Waals surface area contributed by atoms with Gasteiger partial charge in [-0.15, -0.1) is 0 Å². The molecular formula is C19H13N3O5. The number of carbonyl (C=O) groups is 1. The number of aromatic nitrogens is 2. The molecule has 0 unspecified atom stereocenters. The molecule has 2 aliphatic rings. The van der Waals surface area contributed by atoms with E-state index in [0.29, 0.717) is 33.4 Å². The molecule has 27 heavy (non-hydrogen) atoms. The molecule has 0 bridgehead atoms. The summed E-state index contributed by atoms with van der Waals surface area (Å²) < 4.78 is 6.69. The van der Waals surface area contributed by atoms with Crippen LogP contribution in [0.25, 0.3) is 22.3 Å². The number of fused-ring (bicyclic) bond motifs is 5. The Balaban J connectivity index is 1.78. The van der Waals surface area contributed by atoms with Crippen LogP contribution in [0.5, 0.6) is 0 Å². The minimum Gasteiger partial charge on any atom is -0.460 e. The number of cyclic esters (lactones) is 1. The van der Waals surface area contributed by atoms with Gasteiger partial charge in [-0.25, -0.2) is 4.98 Å². The van der Waals surface area contributed by atoms with Crippen LogP contribution in [0, 0.1) is 10.1 Å². The van der Waals surface area contributed by atoms with Crippen LogP contribution >= 0.6 is 0 Å². The minimum absolute atomic E-state index is 0.0157. The van der Waals surface area contributed by atoms with Crippen molar-refractivity contribution in [1.29, 1.82) is 0 Å². The predicted octanol–water partition coefficient (Wildman–Crippen LogP) is 2.49. The Morgan fingerprint density at radius 3 is 2.89 bits per heavy atom. The molecule has 1 aromatic carbocycles. The van der Waals surface area contributed by atoms with Crippen molar-refractivity contribution in [1.82, 2.24) is 9.55 Å². The molecule has 0 saturated heterocycles. The summed E-state index contributed by atoms with van der Waals surface area (Å²) in [7, 11) is 0. The zero-order chi connectivity index (χ0) is 18.9. The average Bonchev–Trinajstić information content (AvgIpc) is 3.01. The van der Waals surface area contributed by atoms with Crippen molar-refractivity contribution in [2.45, 2.75) is 26.0 Å². The van der Waals surface area contributed by atoms with E-state index in [4.69, 9.17) is 4.74 Å². The van der Waals surface area contributed by atoms with Gasteiger partial charge in [0.15, 0.2) is 0 Å². The molecule has 0 saturated carbocycles. The van der Waals surface area contributed by atoms with E-state index in [1.54, 1.807) is 29.7 Å². The lowest BCUT2D eigenvalue weighted by molar-refractivity contribution is -0.383. The Morgan fingerprint density at radius 1 is 1.30 bits per heavy atom. The van der Waals surface area contributed by atoms with Crippen LogP contribution < -0.4 is 5.56 Å². The quantitative estimate of drug-likeness (QED) is 0.292. The fourth-order valence-corrected chi connectivity index (χ4v) is 3.88. The molecule has 4 heterocycles. The largest absolute Gasteiger partial charge is 0.460 e. The SMILES string of the molecule is C[C@@H]1C(=O)OCc2c1cc1n(c2=O)Cc2cc3c([N+](=O)[O-])cccc3nc2-1.